The molecule has 5 nitrogen and oxygen atoms in total. The van der Waals surface area contributed by atoms with E-state index in [1.54, 1.807) is 7.11 Å². The highest BCUT2D eigenvalue weighted by Gasteiger charge is 2.28. The molecule has 0 spiro atoms. The number of cyclic esters (lactones) is 1. The molecular formula is C14H18BrNO4. The zero-order chi connectivity index (χ0) is 14.4. The second-order valence-electron chi connectivity index (χ2n) is 4.50. The molecule has 1 aromatic carbocycles. The summed E-state index contributed by atoms with van der Waals surface area (Å²) in [5.74, 6) is 0.372. The number of methoxy groups -OCH3 is 1. The molecule has 1 fully saturated rings. The molecule has 0 saturated carbocycles. The van der Waals surface area contributed by atoms with Crippen LogP contribution in [0.2, 0.25) is 0 Å². The molecule has 1 N–H and O–H groups in total. The molecule has 0 radical (unpaired) electrons. The lowest BCUT2D eigenvalue weighted by molar-refractivity contribution is -0.143. The van der Waals surface area contributed by atoms with E-state index in [0.29, 0.717) is 25.4 Å². The smallest absolute Gasteiger partial charge is 0.347 e. The molecule has 0 aliphatic carbocycles. The fourth-order valence-electron chi connectivity index (χ4n) is 1.89. The van der Waals surface area contributed by atoms with Gasteiger partial charge in [0.1, 0.15) is 5.75 Å². The molecule has 2 rings (SSSR count). The van der Waals surface area contributed by atoms with Crippen LogP contribution in [0.5, 0.6) is 5.75 Å². The third-order valence-electron chi connectivity index (χ3n) is 2.96. The van der Waals surface area contributed by atoms with Gasteiger partial charge in [0.15, 0.2) is 6.10 Å². The van der Waals surface area contributed by atoms with Crippen molar-refractivity contribution in [3.8, 4) is 5.75 Å². The molecule has 1 aromatic rings. The highest BCUT2D eigenvalue weighted by atomic mass is 79.9. The number of hydrogen-bond acceptors (Lipinski definition) is 5. The van der Waals surface area contributed by atoms with Crippen LogP contribution in [-0.4, -0.2) is 38.9 Å². The highest BCUT2D eigenvalue weighted by molar-refractivity contribution is 9.10. The number of ether oxygens (including phenoxy) is 3. The highest BCUT2D eigenvalue weighted by Crippen LogP contribution is 2.28. The zero-order valence-corrected chi connectivity index (χ0v) is 12.9. The summed E-state index contributed by atoms with van der Waals surface area (Å²) in [5.41, 5.74) is 1.13. The van der Waals surface area contributed by atoms with Gasteiger partial charge in [0.05, 0.1) is 17.7 Å². The SMILES string of the molecule is COCCNCc1ccc(OC2CCOC2=O)c(Br)c1. The van der Waals surface area contributed by atoms with Crippen molar-refractivity contribution in [2.75, 3.05) is 26.9 Å². The van der Waals surface area contributed by atoms with Crippen LogP contribution in [0.25, 0.3) is 0 Å². The molecule has 1 saturated heterocycles. The van der Waals surface area contributed by atoms with Crippen molar-refractivity contribution in [2.45, 2.75) is 19.1 Å². The number of nitrogens with one attached hydrogen (secondary N) is 1. The van der Waals surface area contributed by atoms with Gasteiger partial charge >= 0.3 is 5.97 Å². The Morgan fingerprint density at radius 3 is 3.00 bits per heavy atom. The Kier molecular flexibility index (Phi) is 5.82. The van der Waals surface area contributed by atoms with Gasteiger partial charge in [-0.15, -0.1) is 0 Å². The zero-order valence-electron chi connectivity index (χ0n) is 11.4. The molecule has 6 heteroatoms. The number of hydrogen-bond donors (Lipinski definition) is 1. The van der Waals surface area contributed by atoms with Crippen molar-refractivity contribution < 1.29 is 19.0 Å². The van der Waals surface area contributed by atoms with E-state index < -0.39 is 6.10 Å². The van der Waals surface area contributed by atoms with Gasteiger partial charge in [-0.2, -0.15) is 0 Å². The topological polar surface area (TPSA) is 56.8 Å². The number of rotatable bonds is 7. The van der Waals surface area contributed by atoms with Crippen LogP contribution in [0, 0.1) is 0 Å². The summed E-state index contributed by atoms with van der Waals surface area (Å²) in [6.45, 7) is 2.68. The van der Waals surface area contributed by atoms with Crippen LogP contribution >= 0.6 is 15.9 Å². The van der Waals surface area contributed by atoms with Crippen molar-refractivity contribution in [3.05, 3.63) is 28.2 Å². The minimum Gasteiger partial charge on any atom is -0.477 e. The minimum atomic E-state index is -0.489. The van der Waals surface area contributed by atoms with Gasteiger partial charge in [0, 0.05) is 26.6 Å². The molecule has 1 atom stereocenters. The van der Waals surface area contributed by atoms with Crippen LogP contribution in [0.15, 0.2) is 22.7 Å². The van der Waals surface area contributed by atoms with E-state index in [-0.39, 0.29) is 5.97 Å². The van der Waals surface area contributed by atoms with E-state index in [1.807, 2.05) is 18.2 Å². The maximum absolute atomic E-state index is 11.4. The summed E-state index contributed by atoms with van der Waals surface area (Å²) in [5, 5.41) is 3.27. The monoisotopic (exact) mass is 343 g/mol. The van der Waals surface area contributed by atoms with E-state index in [9.17, 15) is 4.79 Å². The second-order valence-corrected chi connectivity index (χ2v) is 5.35. The fraction of sp³-hybridized carbons (Fsp3) is 0.500. The Labute approximate surface area is 126 Å². The van der Waals surface area contributed by atoms with Crippen LogP contribution in [-0.2, 0) is 20.8 Å². The predicted molar refractivity (Wildman–Crippen MR) is 77.7 cm³/mol. The number of halogens is 1. The van der Waals surface area contributed by atoms with E-state index in [1.165, 1.54) is 0 Å². The Bertz CT molecular complexity index is 466. The number of carbonyl (C=O) groups excluding carboxylic acids is 1. The third kappa shape index (κ3) is 4.19. The lowest BCUT2D eigenvalue weighted by atomic mass is 10.2. The van der Waals surface area contributed by atoms with Crippen molar-refractivity contribution in [1.29, 1.82) is 0 Å². The van der Waals surface area contributed by atoms with Gasteiger partial charge in [0.2, 0.25) is 0 Å². The van der Waals surface area contributed by atoms with Crippen molar-refractivity contribution >= 4 is 21.9 Å². The molecule has 20 heavy (non-hydrogen) atoms. The van der Waals surface area contributed by atoms with Crippen LogP contribution in [0.4, 0.5) is 0 Å². The molecule has 0 aromatic heterocycles. The first-order chi connectivity index (χ1) is 9.70. The van der Waals surface area contributed by atoms with Crippen LogP contribution < -0.4 is 10.1 Å². The van der Waals surface area contributed by atoms with Gasteiger partial charge in [-0.3, -0.25) is 0 Å². The quantitative estimate of drug-likeness (QED) is 0.605. The normalized spacial score (nSPS) is 18.1. The van der Waals surface area contributed by atoms with Crippen molar-refractivity contribution in [3.63, 3.8) is 0 Å². The van der Waals surface area contributed by atoms with Crippen LogP contribution in [0.3, 0.4) is 0 Å². The van der Waals surface area contributed by atoms with E-state index >= 15 is 0 Å². The summed E-state index contributed by atoms with van der Waals surface area (Å²) < 4.78 is 16.3. The summed E-state index contributed by atoms with van der Waals surface area (Å²) in [6.07, 6.45) is 0.114. The van der Waals surface area contributed by atoms with E-state index in [2.05, 4.69) is 21.2 Å². The average molecular weight is 344 g/mol. The molecule has 1 aliphatic rings. The number of benzene rings is 1. The maximum Gasteiger partial charge on any atom is 0.347 e. The summed E-state index contributed by atoms with van der Waals surface area (Å²) in [7, 11) is 1.68. The fourth-order valence-corrected chi connectivity index (χ4v) is 2.41. The number of esters is 1. The number of carbonyl (C=O) groups is 1. The Morgan fingerprint density at radius 2 is 2.35 bits per heavy atom. The molecule has 1 unspecified atom stereocenters. The first kappa shape index (κ1) is 15.3. The molecular weight excluding hydrogens is 326 g/mol. The summed E-state index contributed by atoms with van der Waals surface area (Å²) >= 11 is 3.47. The second kappa shape index (κ2) is 7.61. The van der Waals surface area contributed by atoms with Crippen molar-refractivity contribution in [1.82, 2.24) is 5.32 Å². The van der Waals surface area contributed by atoms with Gasteiger partial charge < -0.3 is 19.5 Å². The first-order valence-corrected chi connectivity index (χ1v) is 7.31. The maximum atomic E-state index is 11.4. The third-order valence-corrected chi connectivity index (χ3v) is 3.58. The Hall–Kier alpha value is -1.11. The lowest BCUT2D eigenvalue weighted by Crippen LogP contribution is -2.22. The predicted octanol–water partition coefficient (Wildman–Crippen LogP) is 1.88. The molecule has 1 aliphatic heterocycles. The standard InChI is InChI=1S/C14H18BrNO4/c1-18-7-5-16-9-10-2-3-12(11(15)8-10)20-13-4-6-19-14(13)17/h2-3,8,13,16H,4-7,9H2,1H3. The van der Waals surface area contributed by atoms with Gasteiger partial charge in [0.25, 0.3) is 0 Å². The summed E-state index contributed by atoms with van der Waals surface area (Å²) in [6, 6.07) is 5.82. The average Bonchev–Trinajstić information content (AvgIpc) is 2.83. The minimum absolute atomic E-state index is 0.290. The Balaban J connectivity index is 1.90. The van der Waals surface area contributed by atoms with Crippen LogP contribution in [0.1, 0.15) is 12.0 Å². The lowest BCUT2D eigenvalue weighted by Gasteiger charge is -2.13. The van der Waals surface area contributed by atoms with E-state index in [4.69, 9.17) is 14.2 Å². The molecule has 0 bridgehead atoms. The molecule has 0 amide bonds. The summed E-state index contributed by atoms with van der Waals surface area (Å²) in [4.78, 5) is 11.4. The Morgan fingerprint density at radius 1 is 1.50 bits per heavy atom. The first-order valence-electron chi connectivity index (χ1n) is 6.52. The van der Waals surface area contributed by atoms with Gasteiger partial charge in [-0.25, -0.2) is 4.79 Å². The molecule has 110 valence electrons. The van der Waals surface area contributed by atoms with Gasteiger partial charge in [-0.1, -0.05) is 6.07 Å². The van der Waals surface area contributed by atoms with Gasteiger partial charge in [-0.05, 0) is 33.6 Å². The largest absolute Gasteiger partial charge is 0.477 e. The van der Waals surface area contributed by atoms with E-state index in [0.717, 1.165) is 23.1 Å². The molecule has 1 heterocycles. The van der Waals surface area contributed by atoms with Crippen molar-refractivity contribution in [2.24, 2.45) is 0 Å².